The first-order chi connectivity index (χ1) is 10.1. The highest BCUT2D eigenvalue weighted by Gasteiger charge is 2.13. The van der Waals surface area contributed by atoms with E-state index in [1.54, 1.807) is 0 Å². The van der Waals surface area contributed by atoms with Gasteiger partial charge in [-0.25, -0.2) is 4.98 Å². The number of nitrogens with one attached hydrogen (secondary N) is 2. The fourth-order valence-corrected chi connectivity index (χ4v) is 2.82. The van der Waals surface area contributed by atoms with Crippen LogP contribution in [-0.4, -0.2) is 22.6 Å². The lowest BCUT2D eigenvalue weighted by Crippen LogP contribution is -2.20. The van der Waals surface area contributed by atoms with Gasteiger partial charge in [-0.1, -0.05) is 39.5 Å². The minimum Gasteiger partial charge on any atom is -0.370 e. The second-order valence-corrected chi connectivity index (χ2v) is 6.66. The monoisotopic (exact) mass is 290 g/mol. The predicted octanol–water partition coefficient (Wildman–Crippen LogP) is 4.38. The molecule has 0 spiro atoms. The molecule has 0 radical (unpaired) electrons. The van der Waals surface area contributed by atoms with Crippen LogP contribution in [0.15, 0.2) is 6.07 Å². The molecule has 1 saturated carbocycles. The van der Waals surface area contributed by atoms with Crippen LogP contribution in [0.25, 0.3) is 0 Å². The number of hydrogen-bond acceptors (Lipinski definition) is 4. The van der Waals surface area contributed by atoms with Gasteiger partial charge in [0, 0.05) is 24.3 Å². The molecule has 0 aromatic carbocycles. The van der Waals surface area contributed by atoms with Crippen LogP contribution in [0.3, 0.4) is 0 Å². The van der Waals surface area contributed by atoms with Gasteiger partial charge in [-0.05, 0) is 32.1 Å². The predicted molar refractivity (Wildman–Crippen MR) is 89.8 cm³/mol. The van der Waals surface area contributed by atoms with Crippen molar-refractivity contribution in [2.45, 2.75) is 71.8 Å². The highest BCUT2D eigenvalue weighted by Crippen LogP contribution is 2.20. The van der Waals surface area contributed by atoms with Gasteiger partial charge in [0.1, 0.15) is 5.82 Å². The van der Waals surface area contributed by atoms with E-state index in [0.717, 1.165) is 30.4 Å². The summed E-state index contributed by atoms with van der Waals surface area (Å²) in [4.78, 5) is 9.16. The molecule has 4 heteroatoms. The third-order valence-electron chi connectivity index (χ3n) is 4.07. The highest BCUT2D eigenvalue weighted by atomic mass is 15.2. The molecular weight excluding hydrogens is 260 g/mol. The average molecular weight is 290 g/mol. The van der Waals surface area contributed by atoms with E-state index < -0.39 is 0 Å². The van der Waals surface area contributed by atoms with Crippen LogP contribution < -0.4 is 10.6 Å². The van der Waals surface area contributed by atoms with Crippen molar-refractivity contribution in [1.29, 1.82) is 0 Å². The Morgan fingerprint density at radius 2 is 1.86 bits per heavy atom. The van der Waals surface area contributed by atoms with Gasteiger partial charge >= 0.3 is 0 Å². The van der Waals surface area contributed by atoms with Gasteiger partial charge in [-0.15, -0.1) is 0 Å². The topological polar surface area (TPSA) is 49.8 Å². The van der Waals surface area contributed by atoms with E-state index in [1.165, 1.54) is 38.5 Å². The van der Waals surface area contributed by atoms with Crippen LogP contribution in [0.5, 0.6) is 0 Å². The molecule has 2 N–H and O–H groups in total. The van der Waals surface area contributed by atoms with Gasteiger partial charge < -0.3 is 10.6 Å². The smallest absolute Gasteiger partial charge is 0.225 e. The summed E-state index contributed by atoms with van der Waals surface area (Å²) in [5, 5.41) is 6.95. The standard InChI is InChI=1S/C17H30N4/c1-13(2)10-11-18-16-12-14(3)19-17(21-16)20-15-8-6-4-5-7-9-15/h12-13,15H,4-11H2,1-3H3,(H2,18,19,20,21). The first kappa shape index (κ1) is 16.1. The van der Waals surface area contributed by atoms with Gasteiger partial charge in [-0.3, -0.25) is 0 Å². The zero-order valence-corrected chi connectivity index (χ0v) is 13.8. The van der Waals surface area contributed by atoms with Crippen LogP contribution in [0.2, 0.25) is 0 Å². The Labute approximate surface area is 129 Å². The van der Waals surface area contributed by atoms with Crippen LogP contribution in [0.1, 0.15) is 64.5 Å². The summed E-state index contributed by atoms with van der Waals surface area (Å²) < 4.78 is 0. The molecule has 0 atom stereocenters. The summed E-state index contributed by atoms with van der Waals surface area (Å²) in [6.45, 7) is 7.49. The molecule has 1 aromatic heterocycles. The lowest BCUT2D eigenvalue weighted by atomic mass is 10.1. The number of anilines is 2. The highest BCUT2D eigenvalue weighted by molar-refractivity contribution is 5.42. The molecule has 21 heavy (non-hydrogen) atoms. The van der Waals surface area contributed by atoms with Crippen LogP contribution >= 0.6 is 0 Å². The first-order valence-electron chi connectivity index (χ1n) is 8.49. The lowest BCUT2D eigenvalue weighted by Gasteiger charge is -2.17. The molecule has 1 fully saturated rings. The maximum Gasteiger partial charge on any atom is 0.225 e. The maximum absolute atomic E-state index is 4.62. The molecule has 0 bridgehead atoms. The second-order valence-electron chi connectivity index (χ2n) is 6.66. The van der Waals surface area contributed by atoms with Crippen molar-refractivity contribution in [3.63, 3.8) is 0 Å². The molecule has 118 valence electrons. The second kappa shape index (κ2) is 8.20. The number of nitrogens with zero attached hydrogens (tertiary/aromatic N) is 2. The molecule has 0 aliphatic heterocycles. The van der Waals surface area contributed by atoms with E-state index in [4.69, 9.17) is 0 Å². The number of rotatable bonds is 6. The van der Waals surface area contributed by atoms with E-state index in [-0.39, 0.29) is 0 Å². The van der Waals surface area contributed by atoms with Crippen LogP contribution in [0.4, 0.5) is 11.8 Å². The van der Waals surface area contributed by atoms with Crippen molar-refractivity contribution >= 4 is 11.8 Å². The minimum atomic E-state index is 0.540. The fourth-order valence-electron chi connectivity index (χ4n) is 2.82. The van der Waals surface area contributed by atoms with Crippen molar-refractivity contribution in [3.05, 3.63) is 11.8 Å². The summed E-state index contributed by atoms with van der Waals surface area (Å²) >= 11 is 0. The molecule has 1 aliphatic rings. The quantitative estimate of drug-likeness (QED) is 0.763. The number of aryl methyl sites for hydroxylation is 1. The van der Waals surface area contributed by atoms with Crippen molar-refractivity contribution in [2.75, 3.05) is 17.2 Å². The van der Waals surface area contributed by atoms with Crippen molar-refractivity contribution in [2.24, 2.45) is 5.92 Å². The van der Waals surface area contributed by atoms with Crippen molar-refractivity contribution in [1.82, 2.24) is 9.97 Å². The summed E-state index contributed by atoms with van der Waals surface area (Å²) in [6, 6.07) is 2.57. The summed E-state index contributed by atoms with van der Waals surface area (Å²) in [5.41, 5.74) is 1.02. The van der Waals surface area contributed by atoms with E-state index in [9.17, 15) is 0 Å². The van der Waals surface area contributed by atoms with Gasteiger partial charge in [0.25, 0.3) is 0 Å². The Morgan fingerprint density at radius 3 is 2.52 bits per heavy atom. The zero-order chi connectivity index (χ0) is 15.1. The molecule has 1 aliphatic carbocycles. The van der Waals surface area contributed by atoms with Gasteiger partial charge in [-0.2, -0.15) is 4.98 Å². The van der Waals surface area contributed by atoms with Crippen molar-refractivity contribution < 1.29 is 0 Å². The molecule has 0 saturated heterocycles. The molecule has 0 unspecified atom stereocenters. The summed E-state index contributed by atoms with van der Waals surface area (Å²) in [7, 11) is 0. The molecule has 1 aromatic rings. The van der Waals surface area contributed by atoms with E-state index in [0.29, 0.717) is 12.0 Å². The van der Waals surface area contributed by atoms with Crippen LogP contribution in [-0.2, 0) is 0 Å². The van der Waals surface area contributed by atoms with E-state index in [1.807, 2.05) is 13.0 Å². The van der Waals surface area contributed by atoms with Gasteiger partial charge in [0.05, 0.1) is 0 Å². The Kier molecular flexibility index (Phi) is 6.27. The zero-order valence-electron chi connectivity index (χ0n) is 13.8. The molecule has 2 rings (SSSR count). The maximum atomic E-state index is 4.62. The van der Waals surface area contributed by atoms with Crippen LogP contribution in [0, 0.1) is 12.8 Å². The lowest BCUT2D eigenvalue weighted by molar-refractivity contribution is 0.605. The third kappa shape index (κ3) is 5.90. The summed E-state index contributed by atoms with van der Waals surface area (Å²) in [5.74, 6) is 2.44. The van der Waals surface area contributed by atoms with E-state index in [2.05, 4.69) is 34.4 Å². The Morgan fingerprint density at radius 1 is 1.14 bits per heavy atom. The van der Waals surface area contributed by atoms with Gasteiger partial charge in [0.15, 0.2) is 0 Å². The fraction of sp³-hybridized carbons (Fsp3) is 0.765. The number of hydrogen-bond donors (Lipinski definition) is 2. The molecule has 1 heterocycles. The molecule has 4 nitrogen and oxygen atoms in total. The average Bonchev–Trinajstić information content (AvgIpc) is 2.66. The Hall–Kier alpha value is -1.32. The largest absolute Gasteiger partial charge is 0.370 e. The minimum absolute atomic E-state index is 0.540. The first-order valence-corrected chi connectivity index (χ1v) is 8.49. The molecular formula is C17H30N4. The van der Waals surface area contributed by atoms with Gasteiger partial charge in [0.2, 0.25) is 5.95 Å². The van der Waals surface area contributed by atoms with E-state index >= 15 is 0 Å². The summed E-state index contributed by atoms with van der Waals surface area (Å²) in [6.07, 6.45) is 9.03. The SMILES string of the molecule is Cc1cc(NCCC(C)C)nc(NC2CCCCCC2)n1. The molecule has 0 amide bonds. The Bertz CT molecular complexity index is 423. The van der Waals surface area contributed by atoms with Crippen molar-refractivity contribution in [3.8, 4) is 0 Å². The normalized spacial score (nSPS) is 16.8. The number of aromatic nitrogens is 2. The Balaban J connectivity index is 1.93. The third-order valence-corrected chi connectivity index (χ3v) is 4.07.